The molecule has 0 aliphatic carbocycles. The fraction of sp³-hybridized carbons (Fsp3) is 0.0769. The van der Waals surface area contributed by atoms with Crippen molar-refractivity contribution < 1.29 is 9.63 Å². The van der Waals surface area contributed by atoms with E-state index in [1.807, 2.05) is 6.07 Å². The first kappa shape index (κ1) is 11.9. The van der Waals surface area contributed by atoms with Gasteiger partial charge in [-0.1, -0.05) is 11.2 Å². The van der Waals surface area contributed by atoms with Gasteiger partial charge in [-0.3, -0.25) is 9.97 Å². The van der Waals surface area contributed by atoms with Gasteiger partial charge in [0.15, 0.2) is 0 Å². The van der Waals surface area contributed by atoms with E-state index in [4.69, 9.17) is 4.84 Å². The van der Waals surface area contributed by atoms with Crippen molar-refractivity contribution in [1.29, 1.82) is 0 Å². The number of carbonyl (C=O) groups excluding carboxylic acids is 1. The second kappa shape index (κ2) is 5.67. The van der Waals surface area contributed by atoms with Crippen molar-refractivity contribution in [2.75, 3.05) is 0 Å². The minimum absolute atomic E-state index is 0.357. The number of rotatable bonds is 3. The zero-order valence-electron chi connectivity index (χ0n) is 9.78. The summed E-state index contributed by atoms with van der Waals surface area (Å²) in [6.45, 7) is 1.72. The Morgan fingerprint density at radius 1 is 1.22 bits per heavy atom. The fourth-order valence-corrected chi connectivity index (χ4v) is 1.27. The number of aromatic nitrogens is 2. The van der Waals surface area contributed by atoms with Gasteiger partial charge in [0.1, 0.15) is 5.71 Å². The lowest BCUT2D eigenvalue weighted by Crippen LogP contribution is -2.05. The van der Waals surface area contributed by atoms with Gasteiger partial charge in [-0.05, 0) is 31.2 Å². The molecule has 18 heavy (non-hydrogen) atoms. The summed E-state index contributed by atoms with van der Waals surface area (Å²) < 4.78 is 0. The molecule has 5 heteroatoms. The molecule has 0 saturated carbocycles. The van der Waals surface area contributed by atoms with Crippen LogP contribution in [0.25, 0.3) is 0 Å². The van der Waals surface area contributed by atoms with Crippen LogP contribution >= 0.6 is 0 Å². The first-order valence-electron chi connectivity index (χ1n) is 5.35. The molecule has 0 N–H and O–H groups in total. The van der Waals surface area contributed by atoms with Crippen molar-refractivity contribution in [2.45, 2.75) is 6.92 Å². The molecular weight excluding hydrogens is 230 g/mol. The predicted octanol–water partition coefficient (Wildman–Crippen LogP) is 2.06. The summed E-state index contributed by atoms with van der Waals surface area (Å²) in [4.78, 5) is 24.3. The monoisotopic (exact) mass is 241 g/mol. The van der Waals surface area contributed by atoms with E-state index in [2.05, 4.69) is 15.1 Å². The quantitative estimate of drug-likeness (QED) is 0.468. The fourth-order valence-electron chi connectivity index (χ4n) is 1.27. The van der Waals surface area contributed by atoms with Crippen LogP contribution < -0.4 is 0 Å². The Labute approximate surface area is 104 Å². The van der Waals surface area contributed by atoms with Gasteiger partial charge < -0.3 is 4.84 Å². The maximum Gasteiger partial charge on any atom is 0.367 e. The highest BCUT2D eigenvalue weighted by Crippen LogP contribution is 2.01. The summed E-state index contributed by atoms with van der Waals surface area (Å²) in [5.41, 5.74) is 1.55. The normalized spacial score (nSPS) is 11.1. The van der Waals surface area contributed by atoms with Crippen molar-refractivity contribution >= 4 is 11.7 Å². The lowest BCUT2D eigenvalue weighted by atomic mass is 10.3. The van der Waals surface area contributed by atoms with Crippen LogP contribution in [0, 0.1) is 0 Å². The molecule has 0 radical (unpaired) electrons. The Hall–Kier alpha value is -2.56. The van der Waals surface area contributed by atoms with E-state index in [0.717, 1.165) is 0 Å². The second-order valence-corrected chi connectivity index (χ2v) is 3.51. The van der Waals surface area contributed by atoms with Crippen LogP contribution in [0.3, 0.4) is 0 Å². The minimum atomic E-state index is -0.543. The number of hydrogen-bond donors (Lipinski definition) is 0. The van der Waals surface area contributed by atoms with Gasteiger partial charge in [-0.2, -0.15) is 0 Å². The van der Waals surface area contributed by atoms with E-state index >= 15 is 0 Å². The Bertz CT molecular complexity index is 553. The van der Waals surface area contributed by atoms with Gasteiger partial charge in [0, 0.05) is 18.6 Å². The van der Waals surface area contributed by atoms with E-state index in [9.17, 15) is 4.79 Å². The zero-order valence-corrected chi connectivity index (χ0v) is 9.78. The number of nitrogens with zero attached hydrogens (tertiary/aromatic N) is 3. The molecule has 0 spiro atoms. The zero-order chi connectivity index (χ0) is 12.8. The molecule has 0 unspecified atom stereocenters. The van der Waals surface area contributed by atoms with Crippen LogP contribution in [-0.2, 0) is 4.84 Å². The van der Waals surface area contributed by atoms with Crippen molar-refractivity contribution in [2.24, 2.45) is 5.16 Å². The maximum absolute atomic E-state index is 11.6. The molecule has 0 amide bonds. The third-order valence-corrected chi connectivity index (χ3v) is 2.20. The van der Waals surface area contributed by atoms with Gasteiger partial charge in [0.25, 0.3) is 0 Å². The maximum atomic E-state index is 11.6. The molecule has 5 nitrogen and oxygen atoms in total. The smallest absolute Gasteiger partial charge is 0.312 e. The topological polar surface area (TPSA) is 64.4 Å². The van der Waals surface area contributed by atoms with E-state index < -0.39 is 5.97 Å². The van der Waals surface area contributed by atoms with Crippen molar-refractivity contribution in [3.8, 4) is 0 Å². The molecule has 90 valence electrons. The molecule has 0 bridgehead atoms. The van der Waals surface area contributed by atoms with E-state index in [1.165, 1.54) is 6.20 Å². The van der Waals surface area contributed by atoms with Crippen LogP contribution in [0.1, 0.15) is 23.0 Å². The van der Waals surface area contributed by atoms with Gasteiger partial charge >= 0.3 is 5.97 Å². The molecule has 0 aromatic carbocycles. The molecule has 2 aromatic heterocycles. The molecule has 0 aliphatic rings. The van der Waals surface area contributed by atoms with Crippen molar-refractivity contribution in [3.63, 3.8) is 0 Å². The SMILES string of the molecule is C/C(=N\OC(=O)c1cccnc1)c1ccccn1. The summed E-state index contributed by atoms with van der Waals surface area (Å²) in [5, 5.41) is 3.75. The number of hydrogen-bond acceptors (Lipinski definition) is 5. The summed E-state index contributed by atoms with van der Waals surface area (Å²) in [7, 11) is 0. The molecule has 2 heterocycles. The van der Waals surface area contributed by atoms with E-state index in [1.54, 1.807) is 43.6 Å². The molecule has 0 fully saturated rings. The summed E-state index contributed by atoms with van der Waals surface area (Å²) in [6, 6.07) is 8.70. The summed E-state index contributed by atoms with van der Waals surface area (Å²) in [6.07, 6.45) is 4.66. The number of oxime groups is 1. The van der Waals surface area contributed by atoms with E-state index in [-0.39, 0.29) is 0 Å². The predicted molar refractivity (Wildman–Crippen MR) is 66.1 cm³/mol. The van der Waals surface area contributed by atoms with Crippen LogP contribution in [0.15, 0.2) is 54.1 Å². The first-order chi connectivity index (χ1) is 8.77. The van der Waals surface area contributed by atoms with Gasteiger partial charge in [-0.25, -0.2) is 4.79 Å². The van der Waals surface area contributed by atoms with Crippen molar-refractivity contribution in [1.82, 2.24) is 9.97 Å². The van der Waals surface area contributed by atoms with Crippen LogP contribution in [-0.4, -0.2) is 21.6 Å². The third-order valence-electron chi connectivity index (χ3n) is 2.20. The highest BCUT2D eigenvalue weighted by Gasteiger charge is 2.07. The van der Waals surface area contributed by atoms with Crippen LogP contribution in [0.2, 0.25) is 0 Å². The standard InChI is InChI=1S/C13H11N3O2/c1-10(12-6-2-3-8-15-12)16-18-13(17)11-5-4-7-14-9-11/h2-9H,1H3/b16-10+. The Morgan fingerprint density at radius 2 is 2.11 bits per heavy atom. The average Bonchev–Trinajstić information content (AvgIpc) is 2.46. The molecular formula is C13H11N3O2. The molecule has 0 aliphatic heterocycles. The summed E-state index contributed by atoms with van der Waals surface area (Å²) >= 11 is 0. The summed E-state index contributed by atoms with van der Waals surface area (Å²) in [5.74, 6) is -0.543. The average molecular weight is 241 g/mol. The highest BCUT2D eigenvalue weighted by atomic mass is 16.7. The lowest BCUT2D eigenvalue weighted by Gasteiger charge is -2.00. The second-order valence-electron chi connectivity index (χ2n) is 3.51. The van der Waals surface area contributed by atoms with Crippen molar-refractivity contribution in [3.05, 3.63) is 60.2 Å². The highest BCUT2D eigenvalue weighted by molar-refractivity contribution is 5.97. The van der Waals surface area contributed by atoms with Gasteiger partial charge in [0.2, 0.25) is 0 Å². The van der Waals surface area contributed by atoms with E-state index in [0.29, 0.717) is 17.0 Å². The van der Waals surface area contributed by atoms with Crippen LogP contribution in [0.4, 0.5) is 0 Å². The Balaban J connectivity index is 2.05. The molecule has 0 atom stereocenters. The third kappa shape index (κ3) is 2.98. The molecule has 2 rings (SSSR count). The molecule has 2 aromatic rings. The van der Waals surface area contributed by atoms with Gasteiger partial charge in [-0.15, -0.1) is 0 Å². The number of pyridine rings is 2. The minimum Gasteiger partial charge on any atom is -0.312 e. The van der Waals surface area contributed by atoms with Gasteiger partial charge in [0.05, 0.1) is 11.3 Å². The first-order valence-corrected chi connectivity index (χ1v) is 5.35. The largest absolute Gasteiger partial charge is 0.367 e. The Kier molecular flexibility index (Phi) is 3.76. The number of carbonyl (C=O) groups is 1. The van der Waals surface area contributed by atoms with Crippen LogP contribution in [0.5, 0.6) is 0 Å². The lowest BCUT2D eigenvalue weighted by molar-refractivity contribution is 0.0516. The Morgan fingerprint density at radius 3 is 2.78 bits per heavy atom. The molecule has 0 saturated heterocycles.